The van der Waals surface area contributed by atoms with E-state index in [9.17, 15) is 4.79 Å². The number of benzene rings is 1. The summed E-state index contributed by atoms with van der Waals surface area (Å²) in [6, 6.07) is 11.3. The third kappa shape index (κ3) is 4.70. The normalized spacial score (nSPS) is 10.2. The van der Waals surface area contributed by atoms with E-state index in [2.05, 4.69) is 10.3 Å². The average Bonchev–Trinajstić information content (AvgIpc) is 2.47. The van der Waals surface area contributed by atoms with Gasteiger partial charge in [0.05, 0.1) is 0 Å². The van der Waals surface area contributed by atoms with Gasteiger partial charge >= 0.3 is 5.97 Å². The summed E-state index contributed by atoms with van der Waals surface area (Å²) in [6.45, 7) is 1.16. The maximum absolute atomic E-state index is 10.4. The number of carbonyl (C=O) groups is 1. The molecule has 0 radical (unpaired) electrons. The fourth-order valence-electron chi connectivity index (χ4n) is 1.70. The fraction of sp³-hybridized carbons (Fsp3) is 0.200. The molecule has 0 atom stereocenters. The first-order valence-electron chi connectivity index (χ1n) is 6.27. The van der Waals surface area contributed by atoms with Crippen LogP contribution < -0.4 is 10.1 Å². The molecule has 0 spiro atoms. The Morgan fingerprint density at radius 2 is 1.90 bits per heavy atom. The number of carboxylic acid groups (broad SMARTS) is 1. The van der Waals surface area contributed by atoms with E-state index in [1.165, 1.54) is 0 Å². The third-order valence-corrected chi connectivity index (χ3v) is 2.67. The number of ether oxygens (including phenoxy) is 1. The van der Waals surface area contributed by atoms with Crippen molar-refractivity contribution in [2.45, 2.75) is 13.1 Å². The molecule has 2 rings (SSSR count). The molecule has 0 saturated heterocycles. The predicted molar refractivity (Wildman–Crippen MR) is 74.4 cm³/mol. The number of nitrogens with zero attached hydrogens (tertiary/aromatic N) is 1. The Kier molecular flexibility index (Phi) is 5.08. The number of hydrogen-bond acceptors (Lipinski definition) is 4. The molecule has 2 aromatic rings. The maximum Gasteiger partial charge on any atom is 0.341 e. The molecule has 0 aliphatic rings. The maximum atomic E-state index is 10.4. The molecule has 20 heavy (non-hydrogen) atoms. The monoisotopic (exact) mass is 272 g/mol. The molecule has 0 bridgehead atoms. The lowest BCUT2D eigenvalue weighted by atomic mass is 10.2. The van der Waals surface area contributed by atoms with Crippen molar-refractivity contribution < 1.29 is 14.6 Å². The van der Waals surface area contributed by atoms with Crippen molar-refractivity contribution in [2.24, 2.45) is 0 Å². The SMILES string of the molecule is O=C(O)COc1ccc(CNCc2cccnc2)cc1. The van der Waals surface area contributed by atoms with Gasteiger partial charge in [0.2, 0.25) is 0 Å². The molecule has 1 aromatic heterocycles. The lowest BCUT2D eigenvalue weighted by molar-refractivity contribution is -0.139. The van der Waals surface area contributed by atoms with Crippen molar-refractivity contribution in [1.82, 2.24) is 10.3 Å². The topological polar surface area (TPSA) is 71.5 Å². The van der Waals surface area contributed by atoms with Gasteiger partial charge in [-0.2, -0.15) is 0 Å². The van der Waals surface area contributed by atoms with Gasteiger partial charge in [-0.1, -0.05) is 18.2 Å². The first-order valence-corrected chi connectivity index (χ1v) is 6.27. The fourth-order valence-corrected chi connectivity index (χ4v) is 1.70. The Morgan fingerprint density at radius 3 is 2.55 bits per heavy atom. The Bertz CT molecular complexity index is 541. The van der Waals surface area contributed by atoms with Crippen LogP contribution in [0.4, 0.5) is 0 Å². The number of aliphatic carboxylic acids is 1. The van der Waals surface area contributed by atoms with Crippen LogP contribution in [0.15, 0.2) is 48.8 Å². The molecule has 0 aliphatic carbocycles. The van der Waals surface area contributed by atoms with Gasteiger partial charge in [0.25, 0.3) is 0 Å². The van der Waals surface area contributed by atoms with Crippen molar-refractivity contribution in [3.63, 3.8) is 0 Å². The Hall–Kier alpha value is -2.40. The summed E-state index contributed by atoms with van der Waals surface area (Å²) in [5.41, 5.74) is 2.24. The summed E-state index contributed by atoms with van der Waals surface area (Å²) < 4.78 is 5.07. The van der Waals surface area contributed by atoms with E-state index in [0.717, 1.165) is 24.2 Å². The van der Waals surface area contributed by atoms with Crippen molar-refractivity contribution in [1.29, 1.82) is 0 Å². The second kappa shape index (κ2) is 7.25. The summed E-state index contributed by atoms with van der Waals surface area (Å²) >= 11 is 0. The third-order valence-electron chi connectivity index (χ3n) is 2.67. The minimum atomic E-state index is -0.979. The van der Waals surface area contributed by atoms with Crippen molar-refractivity contribution in [3.05, 3.63) is 59.9 Å². The summed E-state index contributed by atoms with van der Waals surface area (Å²) in [7, 11) is 0. The van der Waals surface area contributed by atoms with Crippen LogP contribution in [0, 0.1) is 0 Å². The Labute approximate surface area is 117 Å². The molecular weight excluding hydrogens is 256 g/mol. The number of hydrogen-bond donors (Lipinski definition) is 2. The van der Waals surface area contributed by atoms with Gasteiger partial charge < -0.3 is 15.2 Å². The van der Waals surface area contributed by atoms with Gasteiger partial charge in [0.15, 0.2) is 6.61 Å². The van der Waals surface area contributed by atoms with E-state index in [1.54, 1.807) is 18.3 Å². The Morgan fingerprint density at radius 1 is 1.15 bits per heavy atom. The highest BCUT2D eigenvalue weighted by Crippen LogP contribution is 2.12. The number of rotatable bonds is 7. The van der Waals surface area contributed by atoms with Gasteiger partial charge in [0, 0.05) is 25.5 Å². The van der Waals surface area contributed by atoms with Crippen LogP contribution in [0.25, 0.3) is 0 Å². The minimum Gasteiger partial charge on any atom is -0.482 e. The van der Waals surface area contributed by atoms with Crippen LogP contribution in [0.5, 0.6) is 5.75 Å². The van der Waals surface area contributed by atoms with E-state index in [0.29, 0.717) is 5.75 Å². The van der Waals surface area contributed by atoms with Crippen LogP contribution in [0.1, 0.15) is 11.1 Å². The number of aromatic nitrogens is 1. The second-order valence-corrected chi connectivity index (χ2v) is 4.29. The summed E-state index contributed by atoms with van der Waals surface area (Å²) in [6.07, 6.45) is 3.58. The highest BCUT2D eigenvalue weighted by molar-refractivity contribution is 5.68. The highest BCUT2D eigenvalue weighted by atomic mass is 16.5. The molecule has 1 aromatic carbocycles. The molecule has 0 unspecified atom stereocenters. The number of nitrogens with one attached hydrogen (secondary N) is 1. The predicted octanol–water partition coefficient (Wildman–Crippen LogP) is 1.83. The van der Waals surface area contributed by atoms with Crippen LogP contribution in [-0.2, 0) is 17.9 Å². The molecule has 2 N–H and O–H groups in total. The zero-order valence-electron chi connectivity index (χ0n) is 11.0. The lowest BCUT2D eigenvalue weighted by Gasteiger charge is -2.07. The van der Waals surface area contributed by atoms with E-state index < -0.39 is 5.97 Å². The molecule has 0 fully saturated rings. The van der Waals surface area contributed by atoms with Crippen LogP contribution >= 0.6 is 0 Å². The number of pyridine rings is 1. The molecule has 104 valence electrons. The van der Waals surface area contributed by atoms with Crippen molar-refractivity contribution >= 4 is 5.97 Å². The molecule has 0 saturated carbocycles. The van der Waals surface area contributed by atoms with Gasteiger partial charge in [-0.15, -0.1) is 0 Å². The summed E-state index contributed by atoms with van der Waals surface area (Å²) in [5, 5.41) is 11.8. The zero-order chi connectivity index (χ0) is 14.2. The average molecular weight is 272 g/mol. The van der Waals surface area contributed by atoms with Gasteiger partial charge in [-0.3, -0.25) is 4.98 Å². The molecule has 0 amide bonds. The van der Waals surface area contributed by atoms with E-state index in [4.69, 9.17) is 9.84 Å². The van der Waals surface area contributed by atoms with Gasteiger partial charge in [0.1, 0.15) is 5.75 Å². The molecule has 5 heteroatoms. The van der Waals surface area contributed by atoms with E-state index >= 15 is 0 Å². The first kappa shape index (κ1) is 14.0. The largest absolute Gasteiger partial charge is 0.482 e. The summed E-state index contributed by atoms with van der Waals surface area (Å²) in [4.78, 5) is 14.4. The van der Waals surface area contributed by atoms with E-state index in [1.807, 2.05) is 30.5 Å². The van der Waals surface area contributed by atoms with E-state index in [-0.39, 0.29) is 6.61 Å². The number of carboxylic acids is 1. The minimum absolute atomic E-state index is 0.321. The van der Waals surface area contributed by atoms with Crippen molar-refractivity contribution in [3.8, 4) is 5.75 Å². The van der Waals surface area contributed by atoms with Crippen molar-refractivity contribution in [2.75, 3.05) is 6.61 Å². The van der Waals surface area contributed by atoms with Crippen LogP contribution in [0.2, 0.25) is 0 Å². The highest BCUT2D eigenvalue weighted by Gasteiger charge is 1.99. The second-order valence-electron chi connectivity index (χ2n) is 4.29. The zero-order valence-corrected chi connectivity index (χ0v) is 11.0. The van der Waals surface area contributed by atoms with Gasteiger partial charge in [-0.05, 0) is 29.3 Å². The van der Waals surface area contributed by atoms with Gasteiger partial charge in [-0.25, -0.2) is 4.79 Å². The molecule has 5 nitrogen and oxygen atoms in total. The first-order chi connectivity index (χ1) is 9.74. The smallest absolute Gasteiger partial charge is 0.341 e. The van der Waals surface area contributed by atoms with Crippen LogP contribution in [0.3, 0.4) is 0 Å². The summed E-state index contributed by atoms with van der Waals surface area (Å²) in [5.74, 6) is -0.421. The Balaban J connectivity index is 1.77. The molecule has 1 heterocycles. The van der Waals surface area contributed by atoms with Crippen LogP contribution in [-0.4, -0.2) is 22.7 Å². The molecule has 0 aliphatic heterocycles. The quantitative estimate of drug-likeness (QED) is 0.804. The standard InChI is InChI=1S/C15H16N2O3/c18-15(19)11-20-14-5-3-12(4-6-14)8-17-10-13-2-1-7-16-9-13/h1-7,9,17H,8,10-11H2,(H,18,19). The molecular formula is C15H16N2O3. The lowest BCUT2D eigenvalue weighted by Crippen LogP contribution is -2.13.